The maximum Gasteiger partial charge on any atom is 0.341 e. The number of rotatable bonds is 5. The number of amides is 2. The molecule has 6 nitrogen and oxygen atoms in total. The number of thiophene rings is 1. The van der Waals surface area contributed by atoms with Crippen molar-refractivity contribution in [1.29, 1.82) is 0 Å². The second-order valence-electron chi connectivity index (χ2n) is 6.32. The lowest BCUT2D eigenvalue weighted by atomic mass is 10.1. The van der Waals surface area contributed by atoms with Crippen LogP contribution in [0.1, 0.15) is 27.7 Å². The Balaban J connectivity index is 1.70. The molecule has 0 radical (unpaired) electrons. The predicted molar refractivity (Wildman–Crippen MR) is 111 cm³/mol. The van der Waals surface area contributed by atoms with Gasteiger partial charge < -0.3 is 15.4 Å². The minimum absolute atomic E-state index is 0.274. The Kier molecular flexibility index (Phi) is 5.75. The SMILES string of the molecule is CC(=O)Nc1sc(C)c(C)c1C(=O)OCC(=O)Nc1cccc2ccccc12. The molecule has 0 spiro atoms. The number of hydrogen-bond acceptors (Lipinski definition) is 5. The number of esters is 1. The topological polar surface area (TPSA) is 84.5 Å². The zero-order chi connectivity index (χ0) is 20.3. The van der Waals surface area contributed by atoms with Crippen molar-refractivity contribution in [2.24, 2.45) is 0 Å². The van der Waals surface area contributed by atoms with Gasteiger partial charge in [0.15, 0.2) is 6.61 Å². The summed E-state index contributed by atoms with van der Waals surface area (Å²) in [7, 11) is 0. The Morgan fingerprint density at radius 3 is 2.46 bits per heavy atom. The largest absolute Gasteiger partial charge is 0.452 e. The molecule has 7 heteroatoms. The van der Waals surface area contributed by atoms with Crippen LogP contribution < -0.4 is 10.6 Å². The maximum absolute atomic E-state index is 12.5. The number of aryl methyl sites for hydroxylation is 1. The minimum Gasteiger partial charge on any atom is -0.452 e. The van der Waals surface area contributed by atoms with Crippen LogP contribution in [0.25, 0.3) is 10.8 Å². The van der Waals surface area contributed by atoms with Gasteiger partial charge in [0, 0.05) is 22.9 Å². The van der Waals surface area contributed by atoms with Gasteiger partial charge in [0.1, 0.15) is 5.00 Å². The average Bonchev–Trinajstić information content (AvgIpc) is 2.93. The van der Waals surface area contributed by atoms with Crippen molar-refractivity contribution in [2.75, 3.05) is 17.2 Å². The van der Waals surface area contributed by atoms with Crippen LogP contribution in [0.3, 0.4) is 0 Å². The number of carbonyl (C=O) groups excluding carboxylic acids is 3. The first kappa shape index (κ1) is 19.6. The highest BCUT2D eigenvalue weighted by molar-refractivity contribution is 7.16. The molecular formula is C21H20N2O4S. The molecule has 3 aromatic rings. The monoisotopic (exact) mass is 396 g/mol. The summed E-state index contributed by atoms with van der Waals surface area (Å²) in [6, 6.07) is 13.3. The molecule has 1 heterocycles. The number of anilines is 2. The lowest BCUT2D eigenvalue weighted by Gasteiger charge is -2.10. The molecule has 0 atom stereocenters. The summed E-state index contributed by atoms with van der Waals surface area (Å²) >= 11 is 1.30. The average molecular weight is 396 g/mol. The number of fused-ring (bicyclic) bond motifs is 1. The lowest BCUT2D eigenvalue weighted by Crippen LogP contribution is -2.21. The molecule has 28 heavy (non-hydrogen) atoms. The molecule has 144 valence electrons. The number of carbonyl (C=O) groups is 3. The second-order valence-corrected chi connectivity index (χ2v) is 7.54. The van der Waals surface area contributed by atoms with Gasteiger partial charge in [-0.25, -0.2) is 4.79 Å². The van der Waals surface area contributed by atoms with Crippen LogP contribution in [-0.2, 0) is 14.3 Å². The molecule has 0 saturated heterocycles. The van der Waals surface area contributed by atoms with E-state index >= 15 is 0 Å². The summed E-state index contributed by atoms with van der Waals surface area (Å²) in [6.45, 7) is 4.59. The molecule has 3 rings (SSSR count). The molecule has 2 N–H and O–H groups in total. The van der Waals surface area contributed by atoms with Crippen LogP contribution in [0.5, 0.6) is 0 Å². The summed E-state index contributed by atoms with van der Waals surface area (Å²) in [5, 5.41) is 7.76. The molecule has 0 aliphatic rings. The number of benzene rings is 2. The Labute approximate surface area is 166 Å². The molecule has 2 aromatic carbocycles. The molecule has 0 fully saturated rings. The van der Waals surface area contributed by atoms with E-state index in [1.54, 1.807) is 13.0 Å². The molecule has 0 aliphatic heterocycles. The first-order valence-electron chi connectivity index (χ1n) is 8.69. The molecule has 2 amide bonds. The van der Waals surface area contributed by atoms with Crippen molar-refractivity contribution < 1.29 is 19.1 Å². The summed E-state index contributed by atoms with van der Waals surface area (Å²) in [6.07, 6.45) is 0. The number of ether oxygens (including phenoxy) is 1. The number of nitrogens with one attached hydrogen (secondary N) is 2. The first-order chi connectivity index (χ1) is 13.4. The van der Waals surface area contributed by atoms with Crippen molar-refractivity contribution in [2.45, 2.75) is 20.8 Å². The third kappa shape index (κ3) is 4.20. The molecular weight excluding hydrogens is 376 g/mol. The van der Waals surface area contributed by atoms with Crippen LogP contribution in [0, 0.1) is 13.8 Å². The Morgan fingerprint density at radius 1 is 1.00 bits per heavy atom. The van der Waals surface area contributed by atoms with Gasteiger partial charge >= 0.3 is 5.97 Å². The summed E-state index contributed by atoms with van der Waals surface area (Å²) in [5.74, 6) is -1.35. The van der Waals surface area contributed by atoms with E-state index in [4.69, 9.17) is 4.74 Å². The Bertz CT molecular complexity index is 1070. The van der Waals surface area contributed by atoms with Crippen molar-refractivity contribution >= 4 is 50.6 Å². The van der Waals surface area contributed by atoms with Crippen molar-refractivity contribution in [3.63, 3.8) is 0 Å². The molecule has 0 unspecified atom stereocenters. The fourth-order valence-electron chi connectivity index (χ4n) is 2.84. The van der Waals surface area contributed by atoms with Gasteiger partial charge in [-0.15, -0.1) is 11.3 Å². The van der Waals surface area contributed by atoms with Gasteiger partial charge in [0.05, 0.1) is 5.56 Å². The highest BCUT2D eigenvalue weighted by atomic mass is 32.1. The third-order valence-corrected chi connectivity index (χ3v) is 5.40. The Morgan fingerprint density at radius 2 is 1.71 bits per heavy atom. The van der Waals surface area contributed by atoms with Gasteiger partial charge in [0.25, 0.3) is 5.91 Å². The third-order valence-electron chi connectivity index (χ3n) is 4.28. The molecule has 0 bridgehead atoms. The van der Waals surface area contributed by atoms with E-state index < -0.39 is 18.5 Å². The zero-order valence-corrected chi connectivity index (χ0v) is 16.6. The zero-order valence-electron chi connectivity index (χ0n) is 15.8. The quantitative estimate of drug-likeness (QED) is 0.631. The Hall–Kier alpha value is -3.19. The van der Waals surface area contributed by atoms with Gasteiger partial charge in [-0.1, -0.05) is 36.4 Å². The summed E-state index contributed by atoms with van der Waals surface area (Å²) in [5.41, 5.74) is 1.67. The second kappa shape index (κ2) is 8.22. The van der Waals surface area contributed by atoms with Crippen molar-refractivity contribution in [3.05, 3.63) is 58.5 Å². The van der Waals surface area contributed by atoms with Crippen molar-refractivity contribution in [3.8, 4) is 0 Å². The van der Waals surface area contributed by atoms with Crippen LogP contribution in [0.2, 0.25) is 0 Å². The number of hydrogen-bond donors (Lipinski definition) is 2. The highest BCUT2D eigenvalue weighted by Crippen LogP contribution is 2.33. The van der Waals surface area contributed by atoms with E-state index in [2.05, 4.69) is 10.6 Å². The normalized spacial score (nSPS) is 10.5. The smallest absolute Gasteiger partial charge is 0.341 e. The molecule has 0 saturated carbocycles. The van der Waals surface area contributed by atoms with Crippen LogP contribution in [-0.4, -0.2) is 24.4 Å². The minimum atomic E-state index is -0.640. The maximum atomic E-state index is 12.5. The van der Waals surface area contributed by atoms with Crippen LogP contribution >= 0.6 is 11.3 Å². The fourth-order valence-corrected chi connectivity index (χ4v) is 3.94. The van der Waals surface area contributed by atoms with E-state index in [-0.39, 0.29) is 11.5 Å². The lowest BCUT2D eigenvalue weighted by molar-refractivity contribution is -0.119. The first-order valence-corrected chi connectivity index (χ1v) is 9.50. The summed E-state index contributed by atoms with van der Waals surface area (Å²) in [4.78, 5) is 37.1. The predicted octanol–water partition coefficient (Wildman–Crippen LogP) is 4.27. The van der Waals surface area contributed by atoms with Gasteiger partial charge in [-0.05, 0) is 30.9 Å². The van der Waals surface area contributed by atoms with Gasteiger partial charge in [-0.3, -0.25) is 9.59 Å². The molecule has 0 aliphatic carbocycles. The standard InChI is InChI=1S/C21H20N2O4S/c1-12-13(2)28-20(22-14(3)24)19(12)21(26)27-11-18(25)23-17-10-6-8-15-7-4-5-9-16(15)17/h4-10H,11H2,1-3H3,(H,22,24)(H,23,25). The van der Waals surface area contributed by atoms with Crippen LogP contribution in [0.4, 0.5) is 10.7 Å². The van der Waals surface area contributed by atoms with E-state index in [0.717, 1.165) is 21.2 Å². The fraction of sp³-hybridized carbons (Fsp3) is 0.190. The van der Waals surface area contributed by atoms with E-state index in [1.165, 1.54) is 18.3 Å². The van der Waals surface area contributed by atoms with Gasteiger partial charge in [0.2, 0.25) is 5.91 Å². The van der Waals surface area contributed by atoms with Gasteiger partial charge in [-0.2, -0.15) is 0 Å². The molecule has 1 aromatic heterocycles. The van der Waals surface area contributed by atoms with E-state index in [0.29, 0.717) is 10.7 Å². The van der Waals surface area contributed by atoms with E-state index in [9.17, 15) is 14.4 Å². The van der Waals surface area contributed by atoms with E-state index in [1.807, 2.05) is 43.3 Å². The highest BCUT2D eigenvalue weighted by Gasteiger charge is 2.22. The van der Waals surface area contributed by atoms with Crippen LogP contribution in [0.15, 0.2) is 42.5 Å². The van der Waals surface area contributed by atoms with Crippen molar-refractivity contribution in [1.82, 2.24) is 0 Å². The summed E-state index contributed by atoms with van der Waals surface area (Å²) < 4.78 is 5.19.